The molecule has 1 amide bonds. The molecule has 0 N–H and O–H groups in total. The molecule has 34 heavy (non-hydrogen) atoms. The van der Waals surface area contributed by atoms with E-state index in [1.807, 2.05) is 56.3 Å². The van der Waals surface area contributed by atoms with E-state index < -0.39 is 6.04 Å². The summed E-state index contributed by atoms with van der Waals surface area (Å²) in [4.78, 5) is 33.5. The number of rotatable bonds is 12. The Hall–Kier alpha value is -3.19. The van der Waals surface area contributed by atoms with Crippen molar-refractivity contribution in [2.45, 2.75) is 52.5 Å². The molecule has 2 aromatic carbocycles. The number of fused-ring (bicyclic) bond motifs is 1. The first-order valence-corrected chi connectivity index (χ1v) is 12.0. The first-order valence-electron chi connectivity index (χ1n) is 12.0. The second-order valence-electron chi connectivity index (χ2n) is 8.27. The lowest BCUT2D eigenvalue weighted by Crippen LogP contribution is -2.39. The van der Waals surface area contributed by atoms with Crippen LogP contribution in [0.25, 0.3) is 16.6 Å². The van der Waals surface area contributed by atoms with Gasteiger partial charge in [-0.3, -0.25) is 14.2 Å². The van der Waals surface area contributed by atoms with Crippen molar-refractivity contribution in [3.05, 3.63) is 64.7 Å². The van der Waals surface area contributed by atoms with Crippen molar-refractivity contribution in [1.82, 2.24) is 14.5 Å². The van der Waals surface area contributed by atoms with Gasteiger partial charge in [-0.25, -0.2) is 4.98 Å². The molecular formula is C27H35N3O4. The maximum absolute atomic E-state index is 13.6. The molecule has 0 fully saturated rings. The summed E-state index contributed by atoms with van der Waals surface area (Å²) in [6.45, 7) is 7.36. The van der Waals surface area contributed by atoms with Crippen LogP contribution in [0.5, 0.6) is 5.75 Å². The van der Waals surface area contributed by atoms with E-state index in [-0.39, 0.29) is 11.5 Å². The number of unbranched alkanes of at least 4 members (excludes halogenated alkanes) is 2. The molecule has 1 atom stereocenters. The molecule has 0 aliphatic heterocycles. The van der Waals surface area contributed by atoms with Gasteiger partial charge in [0.05, 0.1) is 35.8 Å². The molecule has 0 bridgehead atoms. The number of ether oxygens (including phenoxy) is 2. The third-order valence-electron chi connectivity index (χ3n) is 5.90. The lowest BCUT2D eigenvalue weighted by atomic mass is 10.1. The minimum Gasteiger partial charge on any atom is -0.494 e. The van der Waals surface area contributed by atoms with Gasteiger partial charge in [0.25, 0.3) is 5.56 Å². The van der Waals surface area contributed by atoms with Crippen LogP contribution >= 0.6 is 0 Å². The van der Waals surface area contributed by atoms with E-state index in [4.69, 9.17) is 14.5 Å². The number of hydrogen-bond donors (Lipinski definition) is 0. The molecule has 7 nitrogen and oxygen atoms in total. The normalized spacial score (nSPS) is 12.0. The van der Waals surface area contributed by atoms with E-state index in [9.17, 15) is 9.59 Å². The molecule has 1 unspecified atom stereocenters. The number of para-hydroxylation sites is 1. The van der Waals surface area contributed by atoms with Gasteiger partial charge in [-0.1, -0.05) is 31.9 Å². The zero-order valence-electron chi connectivity index (χ0n) is 20.6. The first kappa shape index (κ1) is 25.4. The highest BCUT2D eigenvalue weighted by atomic mass is 16.5. The van der Waals surface area contributed by atoms with Gasteiger partial charge in [-0.05, 0) is 56.7 Å². The van der Waals surface area contributed by atoms with E-state index in [1.165, 1.54) is 0 Å². The van der Waals surface area contributed by atoms with Crippen LogP contribution in [0, 0.1) is 0 Å². The van der Waals surface area contributed by atoms with E-state index in [1.54, 1.807) is 22.6 Å². The summed E-state index contributed by atoms with van der Waals surface area (Å²) in [7, 11) is 1.62. The molecule has 3 aromatic rings. The van der Waals surface area contributed by atoms with Crippen molar-refractivity contribution >= 4 is 16.8 Å². The molecule has 3 rings (SSSR count). The average molecular weight is 466 g/mol. The Morgan fingerprint density at radius 2 is 1.82 bits per heavy atom. The summed E-state index contributed by atoms with van der Waals surface area (Å²) in [6, 6.07) is 14.3. The largest absolute Gasteiger partial charge is 0.494 e. The fourth-order valence-corrected chi connectivity index (χ4v) is 4.07. The molecule has 7 heteroatoms. The Bertz CT molecular complexity index is 1140. The minimum absolute atomic E-state index is 0.0404. The summed E-state index contributed by atoms with van der Waals surface area (Å²) in [5.74, 6) is 1.29. The number of methoxy groups -OCH3 is 1. The van der Waals surface area contributed by atoms with E-state index in [0.29, 0.717) is 48.6 Å². The highest BCUT2D eigenvalue weighted by Gasteiger charge is 2.26. The van der Waals surface area contributed by atoms with Crippen molar-refractivity contribution in [3.63, 3.8) is 0 Å². The molecule has 0 aliphatic carbocycles. The first-order chi connectivity index (χ1) is 16.5. The van der Waals surface area contributed by atoms with Gasteiger partial charge in [-0.15, -0.1) is 0 Å². The highest BCUT2D eigenvalue weighted by Crippen LogP contribution is 2.25. The van der Waals surface area contributed by atoms with Crippen LogP contribution in [-0.2, 0) is 9.53 Å². The zero-order valence-corrected chi connectivity index (χ0v) is 20.6. The molecule has 0 aliphatic rings. The van der Waals surface area contributed by atoms with Crippen molar-refractivity contribution in [1.29, 1.82) is 0 Å². The minimum atomic E-state index is -0.423. The number of aromatic nitrogens is 2. The SMILES string of the molecule is CCCCCC(=O)N(CCOC)C(C)c1nc2ccccc2c(=O)n1-c1ccc(OCC)cc1. The predicted molar refractivity (Wildman–Crippen MR) is 135 cm³/mol. The zero-order chi connectivity index (χ0) is 24.5. The molecule has 0 saturated carbocycles. The number of carbonyl (C=O) groups is 1. The third-order valence-corrected chi connectivity index (χ3v) is 5.90. The van der Waals surface area contributed by atoms with Gasteiger partial charge >= 0.3 is 0 Å². The Morgan fingerprint density at radius 3 is 2.50 bits per heavy atom. The summed E-state index contributed by atoms with van der Waals surface area (Å²) in [5, 5.41) is 0.532. The second-order valence-corrected chi connectivity index (χ2v) is 8.27. The van der Waals surface area contributed by atoms with Crippen LogP contribution < -0.4 is 10.3 Å². The fourth-order valence-electron chi connectivity index (χ4n) is 4.07. The van der Waals surface area contributed by atoms with Gasteiger partial charge in [0, 0.05) is 20.1 Å². The van der Waals surface area contributed by atoms with Gasteiger partial charge in [-0.2, -0.15) is 0 Å². The molecular weight excluding hydrogens is 430 g/mol. The Labute approximate surface area is 201 Å². The molecule has 182 valence electrons. The monoisotopic (exact) mass is 465 g/mol. The van der Waals surface area contributed by atoms with Gasteiger partial charge in [0.2, 0.25) is 5.91 Å². The summed E-state index contributed by atoms with van der Waals surface area (Å²) >= 11 is 0. The maximum Gasteiger partial charge on any atom is 0.266 e. The van der Waals surface area contributed by atoms with Crippen LogP contribution in [0.3, 0.4) is 0 Å². The lowest BCUT2D eigenvalue weighted by molar-refractivity contribution is -0.134. The van der Waals surface area contributed by atoms with Crippen molar-refractivity contribution in [3.8, 4) is 11.4 Å². The Kier molecular flexibility index (Phi) is 9.22. The number of carbonyl (C=O) groups excluding carboxylic acids is 1. The highest BCUT2D eigenvalue weighted by molar-refractivity contribution is 5.79. The summed E-state index contributed by atoms with van der Waals surface area (Å²) in [6.07, 6.45) is 3.35. The third kappa shape index (κ3) is 5.83. The predicted octanol–water partition coefficient (Wildman–Crippen LogP) is 4.90. The standard InChI is InChI=1S/C27H35N3O4/c1-5-7-8-13-25(31)29(18-19-33-4)20(3)26-28-24-12-10-9-11-23(24)27(32)30(26)21-14-16-22(17-15-21)34-6-2/h9-12,14-17,20H,5-8,13,18-19H2,1-4H3. The van der Waals surface area contributed by atoms with Gasteiger partial charge < -0.3 is 14.4 Å². The van der Waals surface area contributed by atoms with Gasteiger partial charge in [0.1, 0.15) is 11.6 Å². The van der Waals surface area contributed by atoms with Crippen molar-refractivity contribution in [2.24, 2.45) is 0 Å². The molecule has 1 aromatic heterocycles. The quantitative estimate of drug-likeness (QED) is 0.356. The van der Waals surface area contributed by atoms with Crippen LogP contribution in [0.1, 0.15) is 58.3 Å². The van der Waals surface area contributed by atoms with E-state index >= 15 is 0 Å². The summed E-state index contributed by atoms with van der Waals surface area (Å²) < 4.78 is 12.5. The van der Waals surface area contributed by atoms with Crippen LogP contribution in [-0.4, -0.2) is 47.2 Å². The van der Waals surface area contributed by atoms with Gasteiger partial charge in [0.15, 0.2) is 0 Å². The summed E-state index contributed by atoms with van der Waals surface area (Å²) in [5.41, 5.74) is 1.13. The molecule has 0 spiro atoms. The fraction of sp³-hybridized carbons (Fsp3) is 0.444. The molecule has 0 saturated heterocycles. The Balaban J connectivity index is 2.11. The second kappa shape index (κ2) is 12.3. The smallest absolute Gasteiger partial charge is 0.266 e. The van der Waals surface area contributed by atoms with E-state index in [0.717, 1.165) is 25.0 Å². The number of nitrogens with zero attached hydrogens (tertiary/aromatic N) is 3. The Morgan fingerprint density at radius 1 is 1.09 bits per heavy atom. The van der Waals surface area contributed by atoms with E-state index in [2.05, 4.69) is 6.92 Å². The lowest BCUT2D eigenvalue weighted by Gasteiger charge is -2.30. The number of hydrogen-bond acceptors (Lipinski definition) is 5. The average Bonchev–Trinajstić information content (AvgIpc) is 2.85. The van der Waals surface area contributed by atoms with Crippen LogP contribution in [0.4, 0.5) is 0 Å². The van der Waals surface area contributed by atoms with Crippen LogP contribution in [0.15, 0.2) is 53.3 Å². The van der Waals surface area contributed by atoms with Crippen molar-refractivity contribution < 1.29 is 14.3 Å². The molecule has 1 heterocycles. The maximum atomic E-state index is 13.6. The van der Waals surface area contributed by atoms with Crippen molar-refractivity contribution in [2.75, 3.05) is 26.9 Å². The van der Waals surface area contributed by atoms with Crippen LogP contribution in [0.2, 0.25) is 0 Å². The topological polar surface area (TPSA) is 73.7 Å². The number of amides is 1. The number of benzene rings is 2. The molecule has 0 radical (unpaired) electrons.